The van der Waals surface area contributed by atoms with E-state index in [4.69, 9.17) is 13.8 Å². The maximum Gasteiger partial charge on any atom is 0.564 e. The van der Waals surface area contributed by atoms with Gasteiger partial charge in [0.1, 0.15) is 23.1 Å². The monoisotopic (exact) mass is 588 g/mol. The Morgan fingerprint density at radius 3 is 2.16 bits per heavy atom. The number of hydrogen-bond donors (Lipinski definition) is 1. The summed E-state index contributed by atoms with van der Waals surface area (Å²) in [6.45, 7) is 4.52. The van der Waals surface area contributed by atoms with Gasteiger partial charge in [-0.15, -0.1) is 11.3 Å². The molecule has 4 aromatic rings. The van der Waals surface area contributed by atoms with Gasteiger partial charge in [0, 0.05) is 17.4 Å². The zero-order valence-corrected chi connectivity index (χ0v) is 23.0. The highest BCUT2D eigenvalue weighted by molar-refractivity contribution is 9.10. The molecule has 0 aliphatic carbocycles. The van der Waals surface area contributed by atoms with Crippen molar-refractivity contribution in [1.29, 1.82) is 0 Å². The third-order valence-corrected chi connectivity index (χ3v) is 8.28. The summed E-state index contributed by atoms with van der Waals surface area (Å²) in [6.07, 6.45) is 2.16. The number of halogens is 1. The lowest BCUT2D eigenvalue weighted by atomic mass is 9.91. The Morgan fingerprint density at radius 1 is 0.947 bits per heavy atom. The van der Waals surface area contributed by atoms with Gasteiger partial charge in [-0.25, -0.2) is 4.57 Å². The van der Waals surface area contributed by atoms with Crippen LogP contribution in [0.1, 0.15) is 22.7 Å². The molecule has 0 bridgehead atoms. The lowest BCUT2D eigenvalue weighted by molar-refractivity contribution is 0.336. The number of para-hydroxylation sites is 2. The van der Waals surface area contributed by atoms with Gasteiger partial charge in [0.05, 0.1) is 6.04 Å². The fourth-order valence-electron chi connectivity index (χ4n) is 4.40. The lowest BCUT2D eigenvalue weighted by Crippen LogP contribution is -2.39. The molecular formula is C30H26BrN2O4P. The van der Waals surface area contributed by atoms with E-state index < -0.39 is 7.75 Å². The molecule has 192 valence electrons. The minimum atomic E-state index is -4.09. The van der Waals surface area contributed by atoms with Crippen molar-refractivity contribution in [2.75, 3.05) is 0 Å². The largest absolute Gasteiger partial charge is 0.564 e. The average Bonchev–Trinajstić information content (AvgIpc) is 2.91. The number of phenols is 1. The van der Waals surface area contributed by atoms with Crippen molar-refractivity contribution in [3.8, 4) is 17.2 Å². The number of benzene rings is 4. The van der Waals surface area contributed by atoms with Crippen LogP contribution in [0.2, 0.25) is 0 Å². The van der Waals surface area contributed by atoms with E-state index in [9.17, 15) is 9.67 Å². The normalized spacial score (nSPS) is 16.1. The molecule has 0 aromatic heterocycles. The summed E-state index contributed by atoms with van der Waals surface area (Å²) in [5.74, 6) is 1.46. The fourth-order valence-corrected chi connectivity index (χ4v) is 6.17. The highest BCUT2D eigenvalue weighted by Crippen LogP contribution is 2.51. The van der Waals surface area contributed by atoms with Crippen molar-refractivity contribution in [2.45, 2.75) is 19.0 Å². The third-order valence-electron chi connectivity index (χ3n) is 6.15. The van der Waals surface area contributed by atoms with Gasteiger partial charge in [0.15, 0.2) is 0 Å². The van der Waals surface area contributed by atoms with E-state index in [1.807, 2.05) is 47.4 Å². The average molecular weight is 589 g/mol. The second-order valence-electron chi connectivity index (χ2n) is 8.75. The topological polar surface area (TPSA) is 71.4 Å². The number of rotatable bonds is 8. The van der Waals surface area contributed by atoms with Gasteiger partial charge in [0.2, 0.25) is 0 Å². The zero-order valence-electron chi connectivity index (χ0n) is 20.5. The van der Waals surface area contributed by atoms with Crippen LogP contribution in [0.5, 0.6) is 17.2 Å². The van der Waals surface area contributed by atoms with Gasteiger partial charge in [-0.05, 0) is 59.2 Å². The van der Waals surface area contributed by atoms with Crippen molar-refractivity contribution < 1.29 is 18.7 Å². The van der Waals surface area contributed by atoms with Crippen LogP contribution in [-0.2, 0) is 17.5 Å². The maximum absolute atomic E-state index is 14.3. The molecule has 1 N–H and O–H groups in total. The van der Waals surface area contributed by atoms with Crippen LogP contribution < -0.4 is 9.05 Å². The standard InChI is InChI=1S/C30H26BrN2O4P/c1-2-29-27-20-24(34)18-17-22(27)19-30(33(29)21-23-11-9-10-16-28(23)31)32-38(35,36-25-12-5-3-6-13-25)37-26-14-7-4-8-15-26/h2-18,20,29,34H,1,19,21H2/b32-30+. The lowest BCUT2D eigenvalue weighted by Gasteiger charge is -2.38. The van der Waals surface area contributed by atoms with E-state index in [0.29, 0.717) is 30.3 Å². The summed E-state index contributed by atoms with van der Waals surface area (Å²) in [4.78, 5) is 2.02. The predicted octanol–water partition coefficient (Wildman–Crippen LogP) is 8.10. The molecule has 6 nitrogen and oxygen atoms in total. The minimum absolute atomic E-state index is 0.169. The first-order valence-corrected chi connectivity index (χ1v) is 14.4. The van der Waals surface area contributed by atoms with E-state index in [1.165, 1.54) is 0 Å². The van der Waals surface area contributed by atoms with Gasteiger partial charge >= 0.3 is 7.75 Å². The van der Waals surface area contributed by atoms with Crippen LogP contribution in [0.3, 0.4) is 0 Å². The second kappa shape index (κ2) is 11.3. The summed E-state index contributed by atoms with van der Waals surface area (Å²) in [5, 5.41) is 10.2. The molecule has 1 atom stereocenters. The Kier molecular flexibility index (Phi) is 7.68. The predicted molar refractivity (Wildman–Crippen MR) is 154 cm³/mol. The summed E-state index contributed by atoms with van der Waals surface area (Å²) in [5.41, 5.74) is 2.87. The molecule has 0 amide bonds. The second-order valence-corrected chi connectivity index (χ2v) is 11.1. The fraction of sp³-hybridized carbons (Fsp3) is 0.100. The van der Waals surface area contributed by atoms with Crippen LogP contribution in [0, 0.1) is 0 Å². The first-order valence-electron chi connectivity index (χ1n) is 12.1. The summed E-state index contributed by atoms with van der Waals surface area (Å²) in [6, 6.07) is 30.5. The SMILES string of the molecule is C=CC1c2cc(O)ccc2C/C(=N\P(=O)(Oc2ccccc2)Oc2ccccc2)N1Cc1ccccc1Br. The smallest absolute Gasteiger partial charge is 0.508 e. The van der Waals surface area contributed by atoms with Crippen molar-refractivity contribution in [1.82, 2.24) is 4.90 Å². The molecular weight excluding hydrogens is 563 g/mol. The molecule has 1 heterocycles. The van der Waals surface area contributed by atoms with Crippen LogP contribution in [0.15, 0.2) is 125 Å². The molecule has 0 saturated carbocycles. The number of hydrogen-bond acceptors (Lipinski definition) is 4. The number of nitrogens with zero attached hydrogens (tertiary/aromatic N) is 2. The molecule has 0 radical (unpaired) electrons. The van der Waals surface area contributed by atoms with Gasteiger partial charge in [-0.2, -0.15) is 0 Å². The molecule has 0 saturated heterocycles. The highest BCUT2D eigenvalue weighted by atomic mass is 79.9. The van der Waals surface area contributed by atoms with E-state index in [2.05, 4.69) is 22.5 Å². The van der Waals surface area contributed by atoms with Crippen LogP contribution >= 0.6 is 23.7 Å². The van der Waals surface area contributed by atoms with E-state index >= 15 is 0 Å². The Morgan fingerprint density at radius 2 is 1.55 bits per heavy atom. The maximum atomic E-state index is 14.3. The molecule has 8 heteroatoms. The number of phenolic OH excluding ortho intramolecular Hbond substituents is 1. The van der Waals surface area contributed by atoms with Crippen LogP contribution in [-0.4, -0.2) is 15.8 Å². The van der Waals surface area contributed by atoms with Crippen LogP contribution in [0.4, 0.5) is 0 Å². The van der Waals surface area contributed by atoms with Gasteiger partial charge in [0.25, 0.3) is 0 Å². The van der Waals surface area contributed by atoms with Gasteiger partial charge < -0.3 is 19.1 Å². The van der Waals surface area contributed by atoms with E-state index in [1.54, 1.807) is 66.7 Å². The Labute approximate surface area is 230 Å². The molecule has 5 rings (SSSR count). The quantitative estimate of drug-likeness (QED) is 0.166. The zero-order chi connectivity index (χ0) is 26.5. The summed E-state index contributed by atoms with van der Waals surface area (Å²) >= 11 is 3.64. The van der Waals surface area contributed by atoms with Crippen molar-refractivity contribution >= 4 is 29.5 Å². The first kappa shape index (κ1) is 25.8. The van der Waals surface area contributed by atoms with Gasteiger partial charge in [-0.3, -0.25) is 0 Å². The molecule has 38 heavy (non-hydrogen) atoms. The van der Waals surface area contributed by atoms with Crippen molar-refractivity contribution in [2.24, 2.45) is 4.76 Å². The van der Waals surface area contributed by atoms with Crippen molar-refractivity contribution in [3.63, 3.8) is 0 Å². The summed E-state index contributed by atoms with van der Waals surface area (Å²) < 4.78 is 31.9. The molecule has 1 aliphatic heterocycles. The number of fused-ring (bicyclic) bond motifs is 1. The van der Waals surface area contributed by atoms with Gasteiger partial charge in [-0.1, -0.05) is 82.7 Å². The Hall–Kier alpha value is -3.80. The third kappa shape index (κ3) is 5.85. The number of amidine groups is 1. The van der Waals surface area contributed by atoms with Crippen LogP contribution in [0.25, 0.3) is 0 Å². The molecule has 0 spiro atoms. The molecule has 1 aliphatic rings. The highest BCUT2D eigenvalue weighted by Gasteiger charge is 2.35. The first-order chi connectivity index (χ1) is 18.4. The molecule has 1 unspecified atom stereocenters. The molecule has 0 fully saturated rings. The molecule has 4 aromatic carbocycles. The Bertz CT molecular complexity index is 1470. The minimum Gasteiger partial charge on any atom is -0.508 e. The Balaban J connectivity index is 1.63. The van der Waals surface area contributed by atoms with Crippen molar-refractivity contribution in [3.05, 3.63) is 137 Å². The number of aromatic hydroxyl groups is 1. The van der Waals surface area contributed by atoms with E-state index in [-0.39, 0.29) is 11.8 Å². The van der Waals surface area contributed by atoms with E-state index in [0.717, 1.165) is 21.2 Å². The summed E-state index contributed by atoms with van der Waals surface area (Å²) in [7, 11) is -4.09.